The van der Waals surface area contributed by atoms with Crippen LogP contribution in [-0.2, 0) is 4.74 Å². The molecule has 0 amide bonds. The minimum atomic E-state index is 0.356. The van der Waals surface area contributed by atoms with Crippen LogP contribution in [-0.4, -0.2) is 19.8 Å². The molecular formula is C11H21NO. The maximum atomic E-state index is 5.82. The Morgan fingerprint density at radius 3 is 2.46 bits per heavy atom. The molecule has 76 valence electrons. The van der Waals surface area contributed by atoms with Crippen LogP contribution in [0, 0.1) is 11.3 Å². The minimum Gasteiger partial charge on any atom is -0.381 e. The minimum absolute atomic E-state index is 0.356. The van der Waals surface area contributed by atoms with E-state index in [1.165, 1.54) is 38.5 Å². The van der Waals surface area contributed by atoms with E-state index in [1.807, 2.05) is 0 Å². The molecule has 0 bridgehead atoms. The van der Waals surface area contributed by atoms with E-state index >= 15 is 0 Å². The van der Waals surface area contributed by atoms with Gasteiger partial charge >= 0.3 is 0 Å². The van der Waals surface area contributed by atoms with Gasteiger partial charge in [0.15, 0.2) is 0 Å². The van der Waals surface area contributed by atoms with Gasteiger partial charge in [-0.2, -0.15) is 0 Å². The van der Waals surface area contributed by atoms with E-state index in [-0.39, 0.29) is 0 Å². The van der Waals surface area contributed by atoms with Crippen molar-refractivity contribution in [2.24, 2.45) is 17.1 Å². The lowest BCUT2D eigenvalue weighted by atomic mass is 9.87. The van der Waals surface area contributed by atoms with Gasteiger partial charge in [0.05, 0.1) is 6.61 Å². The Morgan fingerprint density at radius 1 is 1.23 bits per heavy atom. The van der Waals surface area contributed by atoms with Crippen LogP contribution in [0.15, 0.2) is 0 Å². The predicted octanol–water partition coefficient (Wildman–Crippen LogP) is 1.93. The molecule has 2 fully saturated rings. The SMILES string of the molecule is NCC1(COCC2CC2)CCCC1. The largest absolute Gasteiger partial charge is 0.381 e. The average Bonchev–Trinajstić information content (AvgIpc) is 2.84. The Hall–Kier alpha value is -0.0800. The molecule has 0 aliphatic heterocycles. The maximum absolute atomic E-state index is 5.82. The number of nitrogens with two attached hydrogens (primary N) is 1. The first kappa shape index (κ1) is 9.47. The highest BCUT2D eigenvalue weighted by Crippen LogP contribution is 2.38. The fourth-order valence-electron chi connectivity index (χ4n) is 2.26. The molecule has 0 unspecified atom stereocenters. The summed E-state index contributed by atoms with van der Waals surface area (Å²) < 4.78 is 5.76. The second kappa shape index (κ2) is 3.97. The molecule has 0 aromatic rings. The quantitative estimate of drug-likeness (QED) is 0.707. The average molecular weight is 183 g/mol. The smallest absolute Gasteiger partial charge is 0.0534 e. The normalized spacial score (nSPS) is 26.5. The first-order chi connectivity index (χ1) is 6.35. The van der Waals surface area contributed by atoms with Gasteiger partial charge in [-0.25, -0.2) is 0 Å². The topological polar surface area (TPSA) is 35.2 Å². The number of hydrogen-bond donors (Lipinski definition) is 1. The Labute approximate surface area is 80.8 Å². The third kappa shape index (κ3) is 2.44. The van der Waals surface area contributed by atoms with Crippen LogP contribution in [0.1, 0.15) is 38.5 Å². The summed E-state index contributed by atoms with van der Waals surface area (Å²) in [7, 11) is 0. The van der Waals surface area contributed by atoms with Crippen LogP contribution in [0.4, 0.5) is 0 Å². The fourth-order valence-corrected chi connectivity index (χ4v) is 2.26. The van der Waals surface area contributed by atoms with Crippen LogP contribution in [0.5, 0.6) is 0 Å². The third-order valence-electron chi connectivity index (χ3n) is 3.56. The molecule has 2 heteroatoms. The molecule has 2 rings (SSSR count). The van der Waals surface area contributed by atoms with Crippen molar-refractivity contribution in [2.45, 2.75) is 38.5 Å². The number of rotatable bonds is 5. The lowest BCUT2D eigenvalue weighted by molar-refractivity contribution is 0.0450. The molecule has 0 saturated heterocycles. The molecular weight excluding hydrogens is 162 g/mol. The van der Waals surface area contributed by atoms with E-state index in [0.717, 1.165) is 25.7 Å². The Balaban J connectivity index is 1.69. The first-order valence-electron chi connectivity index (χ1n) is 5.62. The summed E-state index contributed by atoms with van der Waals surface area (Å²) in [5, 5.41) is 0. The van der Waals surface area contributed by atoms with E-state index in [0.29, 0.717) is 5.41 Å². The molecule has 0 heterocycles. The Morgan fingerprint density at radius 2 is 1.92 bits per heavy atom. The van der Waals surface area contributed by atoms with Crippen LogP contribution in [0.3, 0.4) is 0 Å². The second-order valence-electron chi connectivity index (χ2n) is 4.87. The van der Waals surface area contributed by atoms with Crippen LogP contribution in [0.25, 0.3) is 0 Å². The van der Waals surface area contributed by atoms with Gasteiger partial charge in [-0.15, -0.1) is 0 Å². The van der Waals surface area contributed by atoms with Crippen molar-refractivity contribution in [2.75, 3.05) is 19.8 Å². The predicted molar refractivity (Wildman–Crippen MR) is 53.5 cm³/mol. The Bertz CT molecular complexity index is 159. The van der Waals surface area contributed by atoms with Crippen molar-refractivity contribution in [1.29, 1.82) is 0 Å². The molecule has 2 N–H and O–H groups in total. The molecule has 2 aliphatic carbocycles. The van der Waals surface area contributed by atoms with E-state index in [9.17, 15) is 0 Å². The van der Waals surface area contributed by atoms with Crippen LogP contribution >= 0.6 is 0 Å². The van der Waals surface area contributed by atoms with Gasteiger partial charge in [-0.1, -0.05) is 12.8 Å². The van der Waals surface area contributed by atoms with Gasteiger partial charge in [0, 0.05) is 18.6 Å². The molecule has 0 aromatic heterocycles. The highest BCUT2D eigenvalue weighted by Gasteiger charge is 2.33. The van der Waals surface area contributed by atoms with Gasteiger partial charge in [0.2, 0.25) is 0 Å². The van der Waals surface area contributed by atoms with Gasteiger partial charge < -0.3 is 10.5 Å². The number of ether oxygens (including phenoxy) is 1. The van der Waals surface area contributed by atoms with Crippen molar-refractivity contribution in [1.82, 2.24) is 0 Å². The molecule has 13 heavy (non-hydrogen) atoms. The molecule has 0 aromatic carbocycles. The summed E-state index contributed by atoms with van der Waals surface area (Å²) in [6, 6.07) is 0. The molecule has 2 aliphatic rings. The summed E-state index contributed by atoms with van der Waals surface area (Å²) in [5.74, 6) is 0.885. The summed E-state index contributed by atoms with van der Waals surface area (Å²) in [5.41, 5.74) is 6.18. The number of hydrogen-bond acceptors (Lipinski definition) is 2. The highest BCUT2D eigenvalue weighted by atomic mass is 16.5. The van der Waals surface area contributed by atoms with Gasteiger partial charge in [-0.3, -0.25) is 0 Å². The highest BCUT2D eigenvalue weighted by molar-refractivity contribution is 4.85. The van der Waals surface area contributed by atoms with Gasteiger partial charge in [0.25, 0.3) is 0 Å². The molecule has 0 atom stereocenters. The zero-order chi connectivity index (χ0) is 9.15. The van der Waals surface area contributed by atoms with Gasteiger partial charge in [0.1, 0.15) is 0 Å². The molecule has 2 saturated carbocycles. The summed E-state index contributed by atoms with van der Waals surface area (Å²) in [6.45, 7) is 2.72. The van der Waals surface area contributed by atoms with E-state index < -0.39 is 0 Å². The van der Waals surface area contributed by atoms with Crippen LogP contribution in [0.2, 0.25) is 0 Å². The van der Waals surface area contributed by atoms with E-state index in [2.05, 4.69) is 0 Å². The summed E-state index contributed by atoms with van der Waals surface area (Å²) in [6.07, 6.45) is 8.04. The molecule has 0 spiro atoms. The van der Waals surface area contributed by atoms with E-state index in [4.69, 9.17) is 10.5 Å². The monoisotopic (exact) mass is 183 g/mol. The second-order valence-corrected chi connectivity index (χ2v) is 4.87. The standard InChI is InChI=1S/C11H21NO/c12-8-11(5-1-2-6-11)9-13-7-10-3-4-10/h10H,1-9,12H2. The van der Waals surface area contributed by atoms with E-state index in [1.54, 1.807) is 0 Å². The fraction of sp³-hybridized carbons (Fsp3) is 1.00. The summed E-state index contributed by atoms with van der Waals surface area (Å²) >= 11 is 0. The zero-order valence-corrected chi connectivity index (χ0v) is 8.43. The lowest BCUT2D eigenvalue weighted by Gasteiger charge is -2.26. The van der Waals surface area contributed by atoms with Crippen molar-refractivity contribution in [3.63, 3.8) is 0 Å². The van der Waals surface area contributed by atoms with Crippen LogP contribution < -0.4 is 5.73 Å². The van der Waals surface area contributed by atoms with Crippen molar-refractivity contribution in [3.05, 3.63) is 0 Å². The third-order valence-corrected chi connectivity index (χ3v) is 3.56. The van der Waals surface area contributed by atoms with Gasteiger partial charge in [-0.05, 0) is 31.6 Å². The van der Waals surface area contributed by atoms with Crippen molar-refractivity contribution in [3.8, 4) is 0 Å². The summed E-state index contributed by atoms with van der Waals surface area (Å²) in [4.78, 5) is 0. The lowest BCUT2D eigenvalue weighted by Crippen LogP contribution is -2.32. The maximum Gasteiger partial charge on any atom is 0.0534 e. The molecule has 0 radical (unpaired) electrons. The van der Waals surface area contributed by atoms with Crippen molar-refractivity contribution >= 4 is 0 Å². The first-order valence-corrected chi connectivity index (χ1v) is 5.62. The molecule has 2 nitrogen and oxygen atoms in total. The Kier molecular flexibility index (Phi) is 2.89. The van der Waals surface area contributed by atoms with Crippen molar-refractivity contribution < 1.29 is 4.74 Å². The zero-order valence-electron chi connectivity index (χ0n) is 8.43.